The van der Waals surface area contributed by atoms with Crippen molar-refractivity contribution in [2.75, 3.05) is 19.1 Å². The van der Waals surface area contributed by atoms with E-state index >= 15 is 0 Å². The highest BCUT2D eigenvalue weighted by Gasteiger charge is 2.11. The smallest absolute Gasteiger partial charge is 0.335 e. The molecule has 7 heteroatoms. The molecule has 1 N–H and O–H groups in total. The van der Waals surface area contributed by atoms with Gasteiger partial charge in [0.25, 0.3) is 0 Å². The monoisotopic (exact) mass is 307 g/mol. The van der Waals surface area contributed by atoms with Crippen LogP contribution in [-0.2, 0) is 6.54 Å². The summed E-state index contributed by atoms with van der Waals surface area (Å²) in [4.78, 5) is 20.8. The van der Waals surface area contributed by atoms with Gasteiger partial charge in [0.15, 0.2) is 5.82 Å². The molecule has 0 atom stereocenters. The van der Waals surface area contributed by atoms with Crippen LogP contribution in [0.5, 0.6) is 6.01 Å². The van der Waals surface area contributed by atoms with Crippen molar-refractivity contribution in [3.63, 3.8) is 0 Å². The number of ether oxygens (including phenoxy) is 1. The molecule has 21 heavy (non-hydrogen) atoms. The molecule has 0 aliphatic rings. The average molecular weight is 308 g/mol. The lowest BCUT2D eigenvalue weighted by molar-refractivity contribution is 0.0697. The van der Waals surface area contributed by atoms with E-state index in [2.05, 4.69) is 9.97 Å². The van der Waals surface area contributed by atoms with Crippen LogP contribution in [0.25, 0.3) is 0 Å². The van der Waals surface area contributed by atoms with Crippen LogP contribution in [0.2, 0.25) is 5.02 Å². The van der Waals surface area contributed by atoms with Gasteiger partial charge in [-0.15, -0.1) is 0 Å². The Balaban J connectivity index is 2.17. The van der Waals surface area contributed by atoms with Crippen molar-refractivity contribution in [2.24, 2.45) is 0 Å². The molecule has 1 aromatic carbocycles. The molecule has 0 radical (unpaired) electrons. The Labute approximate surface area is 127 Å². The first-order valence-corrected chi connectivity index (χ1v) is 6.49. The van der Waals surface area contributed by atoms with E-state index in [1.807, 2.05) is 11.9 Å². The summed E-state index contributed by atoms with van der Waals surface area (Å²) in [5.74, 6) is -0.399. The highest BCUT2D eigenvalue weighted by molar-refractivity contribution is 6.32. The van der Waals surface area contributed by atoms with E-state index in [1.165, 1.54) is 13.3 Å². The Bertz CT molecular complexity index is 646. The summed E-state index contributed by atoms with van der Waals surface area (Å²) >= 11 is 6.08. The molecular formula is C14H14ClN3O3. The maximum absolute atomic E-state index is 10.8. The molecule has 6 nitrogen and oxygen atoms in total. The quantitative estimate of drug-likeness (QED) is 0.914. The number of aromatic nitrogens is 2. The fourth-order valence-electron chi connectivity index (χ4n) is 1.81. The molecule has 1 aromatic heterocycles. The van der Waals surface area contributed by atoms with Crippen LogP contribution in [-0.4, -0.2) is 35.2 Å². The van der Waals surface area contributed by atoms with Crippen LogP contribution in [0.3, 0.4) is 0 Å². The second kappa shape index (κ2) is 6.41. The van der Waals surface area contributed by atoms with Crippen LogP contribution in [0.15, 0.2) is 30.5 Å². The topological polar surface area (TPSA) is 75.5 Å². The Morgan fingerprint density at radius 2 is 2.05 bits per heavy atom. The number of carboxylic acid groups (broad SMARTS) is 1. The molecule has 2 aromatic rings. The zero-order valence-corrected chi connectivity index (χ0v) is 12.3. The molecule has 0 saturated heterocycles. The van der Waals surface area contributed by atoms with E-state index in [9.17, 15) is 4.79 Å². The lowest BCUT2D eigenvalue weighted by Gasteiger charge is -2.19. The number of benzene rings is 1. The second-order valence-electron chi connectivity index (χ2n) is 4.39. The largest absolute Gasteiger partial charge is 0.478 e. The number of hydrogen-bond acceptors (Lipinski definition) is 5. The standard InChI is InChI=1S/C14H14ClN3O3/c1-18(12-11(15)7-16-14(17-12)21-2)8-9-3-5-10(6-4-9)13(19)20/h3-7H,8H2,1-2H3,(H,19,20). The molecule has 0 fully saturated rings. The van der Waals surface area contributed by atoms with Crippen LogP contribution < -0.4 is 9.64 Å². The number of methoxy groups -OCH3 is 1. The molecular weight excluding hydrogens is 294 g/mol. The van der Waals surface area contributed by atoms with Gasteiger partial charge in [0.1, 0.15) is 5.02 Å². The van der Waals surface area contributed by atoms with E-state index in [0.29, 0.717) is 17.4 Å². The first kappa shape index (κ1) is 15.1. The molecule has 0 aliphatic heterocycles. The number of rotatable bonds is 5. The van der Waals surface area contributed by atoms with Crippen molar-refractivity contribution >= 4 is 23.4 Å². The number of hydrogen-bond donors (Lipinski definition) is 1. The predicted molar refractivity (Wildman–Crippen MR) is 79.1 cm³/mol. The van der Waals surface area contributed by atoms with Gasteiger partial charge in [-0.1, -0.05) is 23.7 Å². The van der Waals surface area contributed by atoms with E-state index in [4.69, 9.17) is 21.4 Å². The molecule has 0 bridgehead atoms. The van der Waals surface area contributed by atoms with Crippen molar-refractivity contribution in [1.82, 2.24) is 9.97 Å². The Morgan fingerprint density at radius 3 is 2.62 bits per heavy atom. The van der Waals surface area contributed by atoms with E-state index in [-0.39, 0.29) is 11.6 Å². The Morgan fingerprint density at radius 1 is 1.38 bits per heavy atom. The van der Waals surface area contributed by atoms with Crippen molar-refractivity contribution in [3.8, 4) is 6.01 Å². The van der Waals surface area contributed by atoms with Gasteiger partial charge in [0.2, 0.25) is 0 Å². The van der Waals surface area contributed by atoms with Crippen molar-refractivity contribution in [2.45, 2.75) is 6.54 Å². The fraction of sp³-hybridized carbons (Fsp3) is 0.214. The molecule has 2 rings (SSSR count). The van der Waals surface area contributed by atoms with Gasteiger partial charge in [-0.2, -0.15) is 4.98 Å². The van der Waals surface area contributed by atoms with Crippen LogP contribution in [0, 0.1) is 0 Å². The molecule has 0 amide bonds. The lowest BCUT2D eigenvalue weighted by atomic mass is 10.1. The first-order chi connectivity index (χ1) is 10.0. The second-order valence-corrected chi connectivity index (χ2v) is 4.79. The number of anilines is 1. The molecule has 0 saturated carbocycles. The van der Waals surface area contributed by atoms with Crippen LogP contribution in [0.1, 0.15) is 15.9 Å². The van der Waals surface area contributed by atoms with Gasteiger partial charge in [-0.25, -0.2) is 9.78 Å². The maximum Gasteiger partial charge on any atom is 0.335 e. The maximum atomic E-state index is 10.8. The zero-order valence-electron chi connectivity index (χ0n) is 11.6. The van der Waals surface area contributed by atoms with E-state index < -0.39 is 5.97 Å². The number of halogens is 1. The lowest BCUT2D eigenvalue weighted by Crippen LogP contribution is -2.18. The van der Waals surface area contributed by atoms with Crippen LogP contribution in [0.4, 0.5) is 5.82 Å². The van der Waals surface area contributed by atoms with Gasteiger partial charge < -0.3 is 14.7 Å². The minimum Gasteiger partial charge on any atom is -0.478 e. The summed E-state index contributed by atoms with van der Waals surface area (Å²) in [5, 5.41) is 9.29. The summed E-state index contributed by atoms with van der Waals surface area (Å²) in [6, 6.07) is 6.88. The van der Waals surface area contributed by atoms with Crippen LogP contribution >= 0.6 is 11.6 Å². The molecule has 110 valence electrons. The van der Waals surface area contributed by atoms with Crippen molar-refractivity contribution in [1.29, 1.82) is 0 Å². The highest BCUT2D eigenvalue weighted by atomic mass is 35.5. The minimum atomic E-state index is -0.946. The summed E-state index contributed by atoms with van der Waals surface area (Å²) in [6.07, 6.45) is 1.48. The summed E-state index contributed by atoms with van der Waals surface area (Å²) in [6.45, 7) is 0.528. The number of carboxylic acids is 1. The van der Waals surface area contributed by atoms with E-state index in [0.717, 1.165) is 5.56 Å². The van der Waals surface area contributed by atoms with Gasteiger partial charge in [-0.3, -0.25) is 0 Å². The third kappa shape index (κ3) is 3.61. The Kier molecular flexibility index (Phi) is 4.59. The highest BCUT2D eigenvalue weighted by Crippen LogP contribution is 2.24. The Hall–Kier alpha value is -2.34. The predicted octanol–water partition coefficient (Wildman–Crippen LogP) is 2.47. The normalized spacial score (nSPS) is 10.2. The number of nitrogens with zero attached hydrogens (tertiary/aromatic N) is 3. The summed E-state index contributed by atoms with van der Waals surface area (Å²) < 4.78 is 4.98. The zero-order chi connectivity index (χ0) is 15.4. The average Bonchev–Trinajstić information content (AvgIpc) is 2.48. The summed E-state index contributed by atoms with van der Waals surface area (Å²) in [7, 11) is 3.32. The third-order valence-electron chi connectivity index (χ3n) is 2.87. The van der Waals surface area contributed by atoms with Crippen molar-refractivity contribution in [3.05, 3.63) is 46.6 Å². The third-order valence-corrected chi connectivity index (χ3v) is 3.13. The van der Waals surface area contributed by atoms with Crippen molar-refractivity contribution < 1.29 is 14.6 Å². The number of carbonyl (C=O) groups is 1. The van der Waals surface area contributed by atoms with Gasteiger partial charge >= 0.3 is 12.0 Å². The fourth-order valence-corrected chi connectivity index (χ4v) is 2.05. The molecule has 0 aliphatic carbocycles. The van der Waals surface area contributed by atoms with Gasteiger partial charge in [-0.05, 0) is 17.7 Å². The summed E-state index contributed by atoms with van der Waals surface area (Å²) in [5.41, 5.74) is 1.19. The SMILES string of the molecule is COc1ncc(Cl)c(N(C)Cc2ccc(C(=O)O)cc2)n1. The minimum absolute atomic E-state index is 0.238. The molecule has 0 spiro atoms. The van der Waals surface area contributed by atoms with Gasteiger partial charge in [0, 0.05) is 13.6 Å². The first-order valence-electron chi connectivity index (χ1n) is 6.11. The van der Waals surface area contributed by atoms with E-state index in [1.54, 1.807) is 24.3 Å². The molecule has 1 heterocycles. The van der Waals surface area contributed by atoms with Gasteiger partial charge in [0.05, 0.1) is 18.9 Å². The molecule has 0 unspecified atom stereocenters. The number of aromatic carboxylic acids is 1.